The van der Waals surface area contributed by atoms with Gasteiger partial charge in [-0.05, 0) is 43.1 Å². The fraction of sp³-hybridized carbons (Fsp3) is 0.400. The van der Waals surface area contributed by atoms with Crippen molar-refractivity contribution in [1.29, 1.82) is 0 Å². The smallest absolute Gasteiger partial charge is 0.416 e. The number of alkyl halides is 3. The summed E-state index contributed by atoms with van der Waals surface area (Å²) in [4.78, 5) is -0.335. The van der Waals surface area contributed by atoms with Gasteiger partial charge in [-0.25, -0.2) is 12.8 Å². The van der Waals surface area contributed by atoms with Crippen molar-refractivity contribution < 1.29 is 35.8 Å². The average Bonchev–Trinajstić information content (AvgIpc) is 2.63. The van der Waals surface area contributed by atoms with Gasteiger partial charge in [-0.3, -0.25) is 0 Å². The highest BCUT2D eigenvalue weighted by atomic mass is 32.2. The number of hydrogen-bond acceptors (Lipinski definition) is 5. The molecule has 30 heavy (non-hydrogen) atoms. The first-order valence-corrected chi connectivity index (χ1v) is 11.0. The summed E-state index contributed by atoms with van der Waals surface area (Å²) in [7, 11) is -3.75. The number of hydrogen-bond donors (Lipinski definition) is 2. The van der Waals surface area contributed by atoms with E-state index >= 15 is 0 Å². The molecule has 0 radical (unpaired) electrons. The lowest BCUT2D eigenvalue weighted by Crippen LogP contribution is -2.19. The summed E-state index contributed by atoms with van der Waals surface area (Å²) in [5.41, 5.74) is -0.283. The summed E-state index contributed by atoms with van der Waals surface area (Å²) in [6.07, 6.45) is -3.04. The number of aliphatic hydroxyl groups is 1. The molecule has 2 aromatic carbocycles. The number of sulfone groups is 1. The van der Waals surface area contributed by atoms with E-state index in [1.54, 1.807) is 6.07 Å². The van der Waals surface area contributed by atoms with Crippen molar-refractivity contribution >= 4 is 9.84 Å². The molecule has 0 spiro atoms. The van der Waals surface area contributed by atoms with Gasteiger partial charge in [0.1, 0.15) is 11.6 Å². The number of nitrogens with one attached hydrogen (secondary N) is 1. The maximum absolute atomic E-state index is 14.0. The third-order valence-electron chi connectivity index (χ3n) is 4.52. The Morgan fingerprint density at radius 3 is 2.50 bits per heavy atom. The van der Waals surface area contributed by atoms with E-state index in [9.17, 15) is 31.1 Å². The standard InChI is InChI=1S/C20H23F4NO4S/c1-13-14(5-3-6-17(13)20(22,23)24)11-25-7-4-8-29-15-9-18(21)16(12-26)19(10-15)30(2,27)28/h3,5-6,9-10,25-26H,4,7-8,11-12H2,1-2H3. The van der Waals surface area contributed by atoms with Crippen LogP contribution in [-0.2, 0) is 29.2 Å². The van der Waals surface area contributed by atoms with Crippen LogP contribution in [0.4, 0.5) is 17.6 Å². The Bertz CT molecular complexity index is 991. The molecular weight excluding hydrogens is 426 g/mol. The monoisotopic (exact) mass is 449 g/mol. The van der Waals surface area contributed by atoms with Crippen LogP contribution >= 0.6 is 0 Å². The zero-order valence-electron chi connectivity index (χ0n) is 16.5. The maximum atomic E-state index is 14.0. The lowest BCUT2D eigenvalue weighted by atomic mass is 10.0. The molecule has 0 heterocycles. The van der Waals surface area contributed by atoms with Crippen molar-refractivity contribution in [2.45, 2.75) is 37.6 Å². The van der Waals surface area contributed by atoms with Crippen LogP contribution in [-0.4, -0.2) is 32.9 Å². The second-order valence-corrected chi connectivity index (χ2v) is 8.76. The third kappa shape index (κ3) is 6.16. The molecule has 0 unspecified atom stereocenters. The Labute approximate surface area is 172 Å². The predicted molar refractivity (Wildman–Crippen MR) is 103 cm³/mol. The number of benzene rings is 2. The third-order valence-corrected chi connectivity index (χ3v) is 5.68. The summed E-state index contributed by atoms with van der Waals surface area (Å²) in [5.74, 6) is -0.868. The molecule has 0 saturated heterocycles. The Kier molecular flexibility index (Phi) is 7.84. The van der Waals surface area contributed by atoms with Gasteiger partial charge in [0.05, 0.1) is 23.7 Å². The lowest BCUT2D eigenvalue weighted by molar-refractivity contribution is -0.138. The van der Waals surface area contributed by atoms with Crippen LogP contribution in [0.25, 0.3) is 0 Å². The predicted octanol–water partition coefficient (Wildman–Crippen LogP) is 3.61. The van der Waals surface area contributed by atoms with E-state index < -0.39 is 34.0 Å². The minimum absolute atomic E-state index is 0.0128. The molecule has 0 fully saturated rings. The summed E-state index contributed by atoms with van der Waals surface area (Å²) < 4.78 is 81.8. The minimum atomic E-state index is -4.40. The summed E-state index contributed by atoms with van der Waals surface area (Å²) >= 11 is 0. The molecular formula is C20H23F4NO4S. The Balaban J connectivity index is 1.89. The average molecular weight is 449 g/mol. The van der Waals surface area contributed by atoms with Gasteiger partial charge in [0.2, 0.25) is 0 Å². The van der Waals surface area contributed by atoms with Gasteiger partial charge in [-0.2, -0.15) is 13.2 Å². The van der Waals surface area contributed by atoms with Crippen molar-refractivity contribution in [3.05, 3.63) is 58.4 Å². The van der Waals surface area contributed by atoms with E-state index in [0.717, 1.165) is 24.5 Å². The van der Waals surface area contributed by atoms with Crippen molar-refractivity contribution in [3.63, 3.8) is 0 Å². The van der Waals surface area contributed by atoms with E-state index in [0.29, 0.717) is 18.5 Å². The van der Waals surface area contributed by atoms with Crippen molar-refractivity contribution in [1.82, 2.24) is 5.32 Å². The van der Waals surface area contributed by atoms with E-state index in [2.05, 4.69) is 5.32 Å². The largest absolute Gasteiger partial charge is 0.493 e. The highest BCUT2D eigenvalue weighted by molar-refractivity contribution is 7.90. The first kappa shape index (κ1) is 24.1. The molecule has 2 aromatic rings. The van der Waals surface area contributed by atoms with Crippen LogP contribution in [0.5, 0.6) is 5.75 Å². The van der Waals surface area contributed by atoms with E-state index in [1.165, 1.54) is 13.0 Å². The van der Waals surface area contributed by atoms with Crippen LogP contribution in [0.3, 0.4) is 0 Å². The van der Waals surface area contributed by atoms with Crippen LogP contribution in [0, 0.1) is 12.7 Å². The molecule has 0 saturated carbocycles. The SMILES string of the molecule is Cc1c(CNCCCOc2cc(F)c(CO)c(S(C)(=O)=O)c2)cccc1C(F)(F)F. The van der Waals surface area contributed by atoms with Gasteiger partial charge in [0.25, 0.3) is 0 Å². The van der Waals surface area contributed by atoms with Gasteiger partial charge in [-0.1, -0.05) is 12.1 Å². The van der Waals surface area contributed by atoms with Crippen molar-refractivity contribution in [2.24, 2.45) is 0 Å². The van der Waals surface area contributed by atoms with Crippen LogP contribution < -0.4 is 10.1 Å². The zero-order chi connectivity index (χ0) is 22.5. The number of aliphatic hydroxyl groups excluding tert-OH is 1. The molecule has 5 nitrogen and oxygen atoms in total. The van der Waals surface area contributed by atoms with E-state index in [1.807, 2.05) is 0 Å². The number of ether oxygens (including phenoxy) is 1. The number of halogens is 4. The van der Waals surface area contributed by atoms with Crippen LogP contribution in [0.15, 0.2) is 35.2 Å². The molecule has 0 aliphatic heterocycles. The topological polar surface area (TPSA) is 75.6 Å². The van der Waals surface area contributed by atoms with Gasteiger partial charge in [0, 0.05) is 24.4 Å². The van der Waals surface area contributed by atoms with E-state index in [4.69, 9.17) is 4.74 Å². The highest BCUT2D eigenvalue weighted by Gasteiger charge is 2.32. The fourth-order valence-electron chi connectivity index (χ4n) is 2.95. The molecule has 0 aliphatic rings. The molecule has 10 heteroatoms. The first-order chi connectivity index (χ1) is 13.9. The van der Waals surface area contributed by atoms with Crippen LogP contribution in [0.1, 0.15) is 28.7 Å². The molecule has 0 atom stereocenters. The van der Waals surface area contributed by atoms with E-state index in [-0.39, 0.29) is 34.9 Å². The van der Waals surface area contributed by atoms with Crippen molar-refractivity contribution in [3.8, 4) is 5.75 Å². The van der Waals surface area contributed by atoms with Gasteiger partial charge < -0.3 is 15.2 Å². The maximum Gasteiger partial charge on any atom is 0.416 e. The minimum Gasteiger partial charge on any atom is -0.493 e. The normalized spacial score (nSPS) is 12.2. The Morgan fingerprint density at radius 2 is 1.90 bits per heavy atom. The van der Waals surface area contributed by atoms with Gasteiger partial charge in [0.15, 0.2) is 9.84 Å². The second kappa shape index (κ2) is 9.76. The molecule has 0 amide bonds. The van der Waals surface area contributed by atoms with Gasteiger partial charge in [-0.15, -0.1) is 0 Å². The second-order valence-electron chi connectivity index (χ2n) is 6.78. The van der Waals surface area contributed by atoms with Crippen LogP contribution in [0.2, 0.25) is 0 Å². The fourth-order valence-corrected chi connectivity index (χ4v) is 3.89. The summed E-state index contributed by atoms with van der Waals surface area (Å²) in [5, 5.41) is 12.2. The first-order valence-electron chi connectivity index (χ1n) is 9.07. The molecule has 2 N–H and O–H groups in total. The molecule has 0 aliphatic carbocycles. The quantitative estimate of drug-likeness (QED) is 0.452. The zero-order valence-corrected chi connectivity index (χ0v) is 17.3. The summed E-state index contributed by atoms with van der Waals surface area (Å²) in [6, 6.07) is 6.17. The summed E-state index contributed by atoms with van der Waals surface area (Å²) in [6.45, 7) is 1.47. The number of rotatable bonds is 9. The molecule has 0 aromatic heterocycles. The Hall–Kier alpha value is -2.17. The van der Waals surface area contributed by atoms with Gasteiger partial charge >= 0.3 is 6.18 Å². The Morgan fingerprint density at radius 1 is 1.20 bits per heavy atom. The lowest BCUT2D eigenvalue weighted by Gasteiger charge is -2.14. The van der Waals surface area contributed by atoms with Crippen molar-refractivity contribution in [2.75, 3.05) is 19.4 Å². The highest BCUT2D eigenvalue weighted by Crippen LogP contribution is 2.32. The molecule has 2 rings (SSSR count). The molecule has 0 bridgehead atoms. The molecule has 166 valence electrons.